The van der Waals surface area contributed by atoms with Crippen molar-refractivity contribution in [2.24, 2.45) is 11.7 Å². The molecule has 0 heterocycles. The van der Waals surface area contributed by atoms with Crippen LogP contribution in [0.15, 0.2) is 24.3 Å². The largest absolute Gasteiger partial charge is 0.323 e. The lowest BCUT2D eigenvalue weighted by Crippen LogP contribution is -2.32. The zero-order valence-corrected chi connectivity index (χ0v) is 13.0. The van der Waals surface area contributed by atoms with Gasteiger partial charge in [0.15, 0.2) is 0 Å². The Morgan fingerprint density at radius 3 is 2.26 bits per heavy atom. The summed E-state index contributed by atoms with van der Waals surface area (Å²) in [5, 5.41) is 0. The molecule has 1 rings (SSSR count). The minimum Gasteiger partial charge on any atom is -0.323 e. The standard InChI is InChI=1S/C17H30N2/c1-5-7-15-8-10-16(11-9-15)17(18)13-19(4)12-14(3)6-2/h8-11,14,17H,5-7,12-13,18H2,1-4H3. The second-order valence-electron chi connectivity index (χ2n) is 5.83. The summed E-state index contributed by atoms with van der Waals surface area (Å²) in [6.07, 6.45) is 3.58. The smallest absolute Gasteiger partial charge is 0.0424 e. The van der Waals surface area contributed by atoms with E-state index in [0.29, 0.717) is 0 Å². The monoisotopic (exact) mass is 262 g/mol. The Morgan fingerprint density at radius 2 is 1.74 bits per heavy atom. The molecule has 0 spiro atoms. The molecule has 0 aliphatic heterocycles. The predicted octanol–water partition coefficient (Wildman–Crippen LogP) is 3.62. The maximum atomic E-state index is 6.30. The number of likely N-dealkylation sites (N-methyl/N-ethyl adjacent to an activating group) is 1. The maximum absolute atomic E-state index is 6.30. The van der Waals surface area contributed by atoms with Gasteiger partial charge in [-0.2, -0.15) is 0 Å². The van der Waals surface area contributed by atoms with Gasteiger partial charge in [0, 0.05) is 19.1 Å². The zero-order valence-electron chi connectivity index (χ0n) is 13.0. The summed E-state index contributed by atoms with van der Waals surface area (Å²) in [5.74, 6) is 0.740. The van der Waals surface area contributed by atoms with E-state index in [1.54, 1.807) is 0 Å². The van der Waals surface area contributed by atoms with Gasteiger partial charge in [0.2, 0.25) is 0 Å². The average Bonchev–Trinajstić information content (AvgIpc) is 2.39. The number of rotatable bonds is 8. The first kappa shape index (κ1) is 16.2. The second-order valence-corrected chi connectivity index (χ2v) is 5.83. The van der Waals surface area contributed by atoms with Crippen LogP contribution in [0.5, 0.6) is 0 Å². The van der Waals surface area contributed by atoms with Crippen LogP contribution in [0.25, 0.3) is 0 Å². The van der Waals surface area contributed by atoms with E-state index < -0.39 is 0 Å². The Morgan fingerprint density at radius 1 is 1.11 bits per heavy atom. The van der Waals surface area contributed by atoms with Crippen molar-refractivity contribution < 1.29 is 0 Å². The van der Waals surface area contributed by atoms with Gasteiger partial charge < -0.3 is 10.6 Å². The topological polar surface area (TPSA) is 29.3 Å². The number of nitrogens with two attached hydrogens (primary N) is 1. The first-order valence-electron chi connectivity index (χ1n) is 7.59. The van der Waals surface area contributed by atoms with Gasteiger partial charge in [0.05, 0.1) is 0 Å². The van der Waals surface area contributed by atoms with Gasteiger partial charge >= 0.3 is 0 Å². The van der Waals surface area contributed by atoms with Crippen molar-refractivity contribution in [1.29, 1.82) is 0 Å². The summed E-state index contributed by atoms with van der Waals surface area (Å²) in [4.78, 5) is 2.35. The number of hydrogen-bond donors (Lipinski definition) is 1. The molecule has 0 radical (unpaired) electrons. The number of nitrogens with zero attached hydrogens (tertiary/aromatic N) is 1. The van der Waals surface area contributed by atoms with Crippen molar-refractivity contribution in [2.45, 2.75) is 46.1 Å². The Hall–Kier alpha value is -0.860. The van der Waals surface area contributed by atoms with Crippen LogP contribution in [-0.2, 0) is 6.42 Å². The molecule has 2 unspecified atom stereocenters. The number of aryl methyl sites for hydroxylation is 1. The molecular weight excluding hydrogens is 232 g/mol. The first-order chi connectivity index (χ1) is 9.06. The summed E-state index contributed by atoms with van der Waals surface area (Å²) in [6, 6.07) is 8.92. The molecule has 2 heteroatoms. The lowest BCUT2D eigenvalue weighted by Gasteiger charge is -2.24. The molecule has 0 aliphatic carbocycles. The van der Waals surface area contributed by atoms with Crippen molar-refractivity contribution in [3.05, 3.63) is 35.4 Å². The van der Waals surface area contributed by atoms with E-state index in [9.17, 15) is 0 Å². The van der Waals surface area contributed by atoms with Crippen molar-refractivity contribution in [3.63, 3.8) is 0 Å². The molecule has 0 fully saturated rings. The quantitative estimate of drug-likeness (QED) is 0.775. The molecule has 2 N–H and O–H groups in total. The minimum absolute atomic E-state index is 0.115. The molecule has 0 aromatic heterocycles. The first-order valence-corrected chi connectivity index (χ1v) is 7.59. The summed E-state index contributed by atoms with van der Waals surface area (Å²) in [5.41, 5.74) is 8.95. The Balaban J connectivity index is 2.50. The molecule has 2 nitrogen and oxygen atoms in total. The Kier molecular flexibility index (Phi) is 7.11. The van der Waals surface area contributed by atoms with Crippen molar-refractivity contribution in [3.8, 4) is 0 Å². The van der Waals surface area contributed by atoms with Gasteiger partial charge in [-0.1, -0.05) is 57.9 Å². The molecule has 2 atom stereocenters. The van der Waals surface area contributed by atoms with Crippen molar-refractivity contribution in [1.82, 2.24) is 4.90 Å². The van der Waals surface area contributed by atoms with Gasteiger partial charge in [0.25, 0.3) is 0 Å². The van der Waals surface area contributed by atoms with Crippen LogP contribution >= 0.6 is 0 Å². The van der Waals surface area contributed by atoms with Crippen LogP contribution in [0.1, 0.15) is 50.8 Å². The van der Waals surface area contributed by atoms with Crippen molar-refractivity contribution in [2.75, 3.05) is 20.1 Å². The summed E-state index contributed by atoms with van der Waals surface area (Å²) >= 11 is 0. The molecule has 0 saturated heterocycles. The highest BCUT2D eigenvalue weighted by atomic mass is 15.1. The molecule has 0 aliphatic rings. The third-order valence-corrected chi connectivity index (χ3v) is 3.78. The predicted molar refractivity (Wildman–Crippen MR) is 84.3 cm³/mol. The SMILES string of the molecule is CCCc1ccc(C(N)CN(C)CC(C)CC)cc1. The van der Waals surface area contributed by atoms with Gasteiger partial charge in [-0.25, -0.2) is 0 Å². The molecular formula is C17H30N2. The van der Waals surface area contributed by atoms with E-state index in [1.165, 1.54) is 24.0 Å². The van der Waals surface area contributed by atoms with E-state index in [2.05, 4.69) is 57.0 Å². The highest BCUT2D eigenvalue weighted by Crippen LogP contribution is 2.14. The molecule has 1 aromatic rings. The second kappa shape index (κ2) is 8.34. The minimum atomic E-state index is 0.115. The third kappa shape index (κ3) is 5.75. The van der Waals surface area contributed by atoms with E-state index >= 15 is 0 Å². The van der Waals surface area contributed by atoms with E-state index in [1.807, 2.05) is 0 Å². The molecule has 108 valence electrons. The molecule has 1 aromatic carbocycles. The summed E-state index contributed by atoms with van der Waals surface area (Å²) < 4.78 is 0. The van der Waals surface area contributed by atoms with Gasteiger partial charge in [-0.15, -0.1) is 0 Å². The lowest BCUT2D eigenvalue weighted by molar-refractivity contribution is 0.267. The summed E-state index contributed by atoms with van der Waals surface area (Å²) in [7, 11) is 2.16. The van der Waals surface area contributed by atoms with E-state index in [4.69, 9.17) is 5.73 Å². The third-order valence-electron chi connectivity index (χ3n) is 3.78. The maximum Gasteiger partial charge on any atom is 0.0424 e. The fourth-order valence-electron chi connectivity index (χ4n) is 2.40. The highest BCUT2D eigenvalue weighted by molar-refractivity contribution is 5.25. The molecule has 0 saturated carbocycles. The molecule has 19 heavy (non-hydrogen) atoms. The Labute approximate surface area is 119 Å². The van der Waals surface area contributed by atoms with Gasteiger partial charge in [-0.05, 0) is 30.5 Å². The average molecular weight is 262 g/mol. The lowest BCUT2D eigenvalue weighted by atomic mass is 10.0. The highest BCUT2D eigenvalue weighted by Gasteiger charge is 2.11. The van der Waals surface area contributed by atoms with Crippen LogP contribution in [0.2, 0.25) is 0 Å². The van der Waals surface area contributed by atoms with Crippen LogP contribution in [0.3, 0.4) is 0 Å². The van der Waals surface area contributed by atoms with Crippen LogP contribution in [-0.4, -0.2) is 25.0 Å². The Bertz CT molecular complexity index is 345. The van der Waals surface area contributed by atoms with Crippen LogP contribution < -0.4 is 5.73 Å². The fourth-order valence-corrected chi connectivity index (χ4v) is 2.40. The van der Waals surface area contributed by atoms with E-state index in [-0.39, 0.29) is 6.04 Å². The van der Waals surface area contributed by atoms with Gasteiger partial charge in [0.1, 0.15) is 0 Å². The number of benzene rings is 1. The van der Waals surface area contributed by atoms with Crippen LogP contribution in [0, 0.1) is 5.92 Å². The summed E-state index contributed by atoms with van der Waals surface area (Å²) in [6.45, 7) is 8.80. The molecule has 0 bridgehead atoms. The van der Waals surface area contributed by atoms with Gasteiger partial charge in [-0.3, -0.25) is 0 Å². The molecule has 0 amide bonds. The normalized spacial score (nSPS) is 14.6. The number of hydrogen-bond acceptors (Lipinski definition) is 2. The van der Waals surface area contributed by atoms with Crippen molar-refractivity contribution >= 4 is 0 Å². The van der Waals surface area contributed by atoms with E-state index in [0.717, 1.165) is 25.4 Å². The fraction of sp³-hybridized carbons (Fsp3) is 0.647. The zero-order chi connectivity index (χ0) is 14.3. The van der Waals surface area contributed by atoms with Crippen LogP contribution in [0.4, 0.5) is 0 Å².